The molecule has 2 fully saturated rings. The summed E-state index contributed by atoms with van der Waals surface area (Å²) in [5.74, 6) is 0.782. The van der Waals surface area contributed by atoms with Crippen molar-refractivity contribution in [3.05, 3.63) is 70.3 Å². The molecule has 3 heterocycles. The first-order valence-corrected chi connectivity index (χ1v) is 20.3. The zero-order chi connectivity index (χ0) is 35.2. The molecule has 7 rings (SSSR count). The minimum Gasteiger partial charge on any atom is -0.490 e. The highest BCUT2D eigenvalue weighted by Crippen LogP contribution is 2.47. The van der Waals surface area contributed by atoms with E-state index < -0.39 is 21.2 Å². The van der Waals surface area contributed by atoms with Gasteiger partial charge in [0.05, 0.1) is 23.6 Å². The molecule has 1 spiro atoms. The quantitative estimate of drug-likeness (QED) is 0.380. The zero-order valence-electron chi connectivity index (χ0n) is 29.4. The van der Waals surface area contributed by atoms with E-state index in [2.05, 4.69) is 34.8 Å². The molecule has 0 radical (unpaired) electrons. The lowest BCUT2D eigenvalue weighted by atomic mass is 9.68. The van der Waals surface area contributed by atoms with Gasteiger partial charge in [-0.3, -0.25) is 9.59 Å². The Hall–Kier alpha value is -3.08. The van der Waals surface area contributed by atoms with Crippen molar-refractivity contribution < 1.29 is 27.5 Å². The average Bonchev–Trinajstić information content (AvgIpc) is 3.45. The fraction of sp³-hybridized carbons (Fsp3) is 0.590. The number of likely N-dealkylation sites (tertiary alicyclic amines) is 1. The summed E-state index contributed by atoms with van der Waals surface area (Å²) in [5.41, 5.74) is 3.28. The molecular weight excluding hydrogens is 674 g/mol. The molecule has 0 aromatic heterocycles. The smallest absolute Gasteiger partial charge is 0.264 e. The second-order valence-corrected chi connectivity index (χ2v) is 18.1. The SMILES string of the molecule is C[C@H]1CCN(C(=O)CO[C@H]2/C=C/C[C@H](C)[C@@H](C)S(=O)(=O)NC(=O)c3ccc4c(c3)N(C[C@@H]3CC[C@H]32)C[C@@]2(CCCc3cc(Cl)ccc32)CO4)C1. The number of benzene rings is 2. The number of hydrogen-bond acceptors (Lipinski definition) is 7. The Kier molecular flexibility index (Phi) is 10.00. The van der Waals surface area contributed by atoms with Gasteiger partial charge < -0.3 is 19.3 Å². The number of nitrogens with zero attached hydrogens (tertiary/aromatic N) is 2. The Bertz CT molecular complexity index is 1770. The number of amides is 2. The number of aryl methyl sites for hydroxylation is 1. The number of nitrogens with one attached hydrogen (secondary N) is 1. The number of hydrogen-bond donors (Lipinski definition) is 1. The third-order valence-corrected chi connectivity index (χ3v) is 14.3. The Morgan fingerprint density at radius 3 is 2.70 bits per heavy atom. The summed E-state index contributed by atoms with van der Waals surface area (Å²) in [6.45, 7) is 9.15. The van der Waals surface area contributed by atoms with Crippen molar-refractivity contribution in [1.82, 2.24) is 9.62 Å². The van der Waals surface area contributed by atoms with Crippen molar-refractivity contribution >= 4 is 39.1 Å². The number of anilines is 1. The van der Waals surface area contributed by atoms with Gasteiger partial charge >= 0.3 is 0 Å². The molecular formula is C39H50ClN3O6S. The normalized spacial score (nSPS) is 32.9. The molecule has 2 aromatic rings. The van der Waals surface area contributed by atoms with Crippen LogP contribution in [0.3, 0.4) is 0 Å². The largest absolute Gasteiger partial charge is 0.490 e. The van der Waals surface area contributed by atoms with Crippen LogP contribution in [0.15, 0.2) is 48.6 Å². The van der Waals surface area contributed by atoms with Crippen LogP contribution >= 0.6 is 11.6 Å². The van der Waals surface area contributed by atoms with Crippen molar-refractivity contribution in [2.45, 2.75) is 82.5 Å². The highest BCUT2D eigenvalue weighted by atomic mass is 35.5. The van der Waals surface area contributed by atoms with E-state index in [4.69, 9.17) is 21.1 Å². The van der Waals surface area contributed by atoms with Crippen molar-refractivity contribution in [2.75, 3.05) is 44.3 Å². The first-order chi connectivity index (χ1) is 23.9. The number of ether oxygens (including phenoxy) is 2. The van der Waals surface area contributed by atoms with Gasteiger partial charge in [0.2, 0.25) is 15.9 Å². The lowest BCUT2D eigenvalue weighted by Crippen LogP contribution is -2.50. The molecule has 1 saturated carbocycles. The number of fused-ring (bicyclic) bond motifs is 4. The monoisotopic (exact) mass is 723 g/mol. The topological polar surface area (TPSA) is 105 Å². The fourth-order valence-corrected chi connectivity index (χ4v) is 10.2. The van der Waals surface area contributed by atoms with Crippen LogP contribution in [0.4, 0.5) is 5.69 Å². The van der Waals surface area contributed by atoms with Crippen LogP contribution in [0.1, 0.15) is 80.8 Å². The predicted molar refractivity (Wildman–Crippen MR) is 195 cm³/mol. The maximum Gasteiger partial charge on any atom is 0.264 e. The van der Waals surface area contributed by atoms with E-state index in [0.29, 0.717) is 37.8 Å². The van der Waals surface area contributed by atoms with Gasteiger partial charge in [-0.05, 0) is 117 Å². The van der Waals surface area contributed by atoms with E-state index in [1.807, 2.05) is 24.0 Å². The number of carbonyl (C=O) groups excluding carboxylic acids is 2. The van der Waals surface area contributed by atoms with Gasteiger partial charge in [-0.2, -0.15) is 0 Å². The van der Waals surface area contributed by atoms with Crippen LogP contribution in [0.2, 0.25) is 5.02 Å². The summed E-state index contributed by atoms with van der Waals surface area (Å²) < 4.78 is 42.3. The summed E-state index contributed by atoms with van der Waals surface area (Å²) in [5, 5.41) is -0.0777. The standard InChI is InChI=1S/C39H50ClN3O6S/c1-25-15-17-42(20-25)37(44)22-48-35-8-4-6-26(2)27(3)50(46,47)41-38(45)29-10-14-36-34(19-29)43(21-30-9-12-32(30)35)23-39(24-49-36)16-5-7-28-18-31(40)11-13-33(28)39/h4,8,10-11,13-14,18-19,25-27,30,32,35H,5-7,9,12,15-17,20-24H2,1-3H3,(H,41,45)/b8-4+/t25-,26-,27+,30-,32+,35-,39-/m0/s1. The Labute approximate surface area is 301 Å². The van der Waals surface area contributed by atoms with Crippen LogP contribution in [0, 0.1) is 23.7 Å². The zero-order valence-corrected chi connectivity index (χ0v) is 31.0. The molecule has 3 aliphatic heterocycles. The molecule has 5 aliphatic rings. The van der Waals surface area contributed by atoms with E-state index in [-0.39, 0.29) is 47.4 Å². The number of carbonyl (C=O) groups is 2. The van der Waals surface area contributed by atoms with Gasteiger partial charge in [-0.1, -0.05) is 43.7 Å². The Morgan fingerprint density at radius 2 is 1.94 bits per heavy atom. The van der Waals surface area contributed by atoms with E-state index in [0.717, 1.165) is 62.3 Å². The van der Waals surface area contributed by atoms with Crippen LogP contribution in [-0.2, 0) is 31.4 Å². The summed E-state index contributed by atoms with van der Waals surface area (Å²) in [7, 11) is -3.96. The summed E-state index contributed by atoms with van der Waals surface area (Å²) in [4.78, 5) is 31.0. The summed E-state index contributed by atoms with van der Waals surface area (Å²) in [6, 6.07) is 11.4. The van der Waals surface area contributed by atoms with E-state index in [9.17, 15) is 18.0 Å². The third-order valence-electron chi connectivity index (χ3n) is 12.2. The average molecular weight is 724 g/mol. The fourth-order valence-electron chi connectivity index (χ4n) is 8.74. The highest BCUT2D eigenvalue weighted by Gasteiger charge is 2.45. The highest BCUT2D eigenvalue weighted by molar-refractivity contribution is 7.90. The Balaban J connectivity index is 1.24. The first-order valence-electron chi connectivity index (χ1n) is 18.3. The molecule has 2 aliphatic carbocycles. The van der Waals surface area contributed by atoms with Gasteiger partial charge in [0.25, 0.3) is 5.91 Å². The van der Waals surface area contributed by atoms with Crippen molar-refractivity contribution in [3.63, 3.8) is 0 Å². The van der Waals surface area contributed by atoms with Gasteiger partial charge in [0.1, 0.15) is 12.4 Å². The molecule has 2 aromatic carbocycles. The van der Waals surface area contributed by atoms with Crippen molar-refractivity contribution in [3.8, 4) is 5.75 Å². The molecule has 11 heteroatoms. The van der Waals surface area contributed by atoms with E-state index in [1.165, 1.54) is 11.1 Å². The summed E-state index contributed by atoms with van der Waals surface area (Å²) in [6.07, 6.45) is 10.2. The van der Waals surface area contributed by atoms with Crippen LogP contribution < -0.4 is 14.4 Å². The maximum absolute atomic E-state index is 13.5. The van der Waals surface area contributed by atoms with Gasteiger partial charge in [-0.25, -0.2) is 13.1 Å². The van der Waals surface area contributed by atoms with E-state index >= 15 is 0 Å². The Morgan fingerprint density at radius 1 is 1.10 bits per heavy atom. The lowest BCUT2D eigenvalue weighted by molar-refractivity contribution is -0.138. The number of rotatable bonds is 3. The molecule has 0 unspecified atom stereocenters. The molecule has 9 nitrogen and oxygen atoms in total. The second kappa shape index (κ2) is 14.2. The van der Waals surface area contributed by atoms with Gasteiger partial charge in [-0.15, -0.1) is 0 Å². The molecule has 1 saturated heterocycles. The second-order valence-electron chi connectivity index (χ2n) is 15.6. The minimum absolute atomic E-state index is 0.0266. The maximum atomic E-state index is 13.5. The minimum atomic E-state index is -3.96. The lowest BCUT2D eigenvalue weighted by Gasteiger charge is -2.46. The molecule has 7 atom stereocenters. The summed E-state index contributed by atoms with van der Waals surface area (Å²) >= 11 is 6.45. The third kappa shape index (κ3) is 7.04. The van der Waals surface area contributed by atoms with Crippen molar-refractivity contribution in [1.29, 1.82) is 0 Å². The number of allylic oxidation sites excluding steroid dienone is 1. The van der Waals surface area contributed by atoms with Crippen LogP contribution in [0.25, 0.3) is 0 Å². The molecule has 1 N–H and O–H groups in total. The van der Waals surface area contributed by atoms with Crippen LogP contribution in [0.5, 0.6) is 5.75 Å². The molecule has 50 heavy (non-hydrogen) atoms. The van der Waals surface area contributed by atoms with Crippen LogP contribution in [-0.4, -0.2) is 75.9 Å². The molecule has 2 bridgehead atoms. The first kappa shape index (κ1) is 35.3. The number of sulfonamides is 1. The molecule has 270 valence electrons. The molecule has 2 amide bonds. The van der Waals surface area contributed by atoms with Crippen molar-refractivity contribution in [2.24, 2.45) is 23.7 Å². The van der Waals surface area contributed by atoms with E-state index in [1.54, 1.807) is 25.1 Å². The van der Waals surface area contributed by atoms with Gasteiger partial charge in [0, 0.05) is 42.2 Å². The van der Waals surface area contributed by atoms with Gasteiger partial charge in [0.15, 0.2) is 0 Å². The number of halogens is 1. The predicted octanol–water partition coefficient (Wildman–Crippen LogP) is 6.14.